The van der Waals surface area contributed by atoms with Gasteiger partial charge >= 0.3 is 0 Å². The number of methoxy groups -OCH3 is 3. The molecule has 25 heavy (non-hydrogen) atoms. The summed E-state index contributed by atoms with van der Waals surface area (Å²) in [5.74, 6) is 2.39. The summed E-state index contributed by atoms with van der Waals surface area (Å²) in [6.45, 7) is 4.49. The van der Waals surface area contributed by atoms with Crippen LogP contribution in [-0.4, -0.2) is 31.9 Å². The fraction of sp³-hybridized carbons (Fsp3) is 0.450. The first-order valence-electron chi connectivity index (χ1n) is 8.47. The molecule has 2 aromatic rings. The van der Waals surface area contributed by atoms with Gasteiger partial charge in [0.05, 0.1) is 21.3 Å². The van der Waals surface area contributed by atoms with Crippen LogP contribution in [0.3, 0.4) is 0 Å². The van der Waals surface area contributed by atoms with E-state index in [9.17, 15) is 0 Å². The highest BCUT2D eigenvalue weighted by Gasteiger charge is 2.41. The highest BCUT2D eigenvalue weighted by atomic mass is 16.5. The first kappa shape index (κ1) is 17.5. The Morgan fingerprint density at radius 2 is 1.56 bits per heavy atom. The van der Waals surface area contributed by atoms with Crippen molar-refractivity contribution in [2.75, 3.05) is 21.3 Å². The van der Waals surface area contributed by atoms with Gasteiger partial charge in [-0.2, -0.15) is 0 Å². The van der Waals surface area contributed by atoms with E-state index < -0.39 is 0 Å². The van der Waals surface area contributed by atoms with E-state index in [-0.39, 0.29) is 11.6 Å². The summed E-state index contributed by atoms with van der Waals surface area (Å²) in [4.78, 5) is 4.14. The molecule has 0 aliphatic carbocycles. The zero-order valence-corrected chi connectivity index (χ0v) is 15.5. The molecule has 1 N–H and O–H groups in total. The van der Waals surface area contributed by atoms with E-state index in [0.29, 0.717) is 23.2 Å². The number of nitrogens with one attached hydrogen (secondary N) is 1. The smallest absolute Gasteiger partial charge is 0.203 e. The quantitative estimate of drug-likeness (QED) is 0.898. The Morgan fingerprint density at radius 3 is 2.08 bits per heavy atom. The van der Waals surface area contributed by atoms with Crippen LogP contribution in [0.4, 0.5) is 0 Å². The Balaban J connectivity index is 1.95. The van der Waals surface area contributed by atoms with Crippen LogP contribution in [-0.2, 0) is 0 Å². The van der Waals surface area contributed by atoms with Crippen LogP contribution in [0.15, 0.2) is 36.7 Å². The second-order valence-corrected chi connectivity index (χ2v) is 6.95. The standard InChI is InChI=1S/C20H26N2O3/c1-20(2)15(13-6-8-21-9-7-13)12-16(22-20)14-10-17(23-3)19(25-5)18(11-14)24-4/h6-11,15-16,22H,12H2,1-5H3. The molecule has 1 aromatic carbocycles. The molecule has 1 aliphatic rings. The maximum Gasteiger partial charge on any atom is 0.203 e. The molecule has 5 nitrogen and oxygen atoms in total. The molecule has 5 heteroatoms. The predicted octanol–water partition coefficient (Wildman–Crippen LogP) is 3.70. The Kier molecular flexibility index (Phi) is 4.86. The lowest BCUT2D eigenvalue weighted by Crippen LogP contribution is -2.37. The molecule has 134 valence electrons. The average Bonchev–Trinajstić information content (AvgIpc) is 2.96. The number of benzene rings is 1. The monoisotopic (exact) mass is 342 g/mol. The largest absolute Gasteiger partial charge is 0.493 e. The maximum atomic E-state index is 5.50. The second kappa shape index (κ2) is 6.92. The van der Waals surface area contributed by atoms with Crippen LogP contribution in [0.1, 0.15) is 43.4 Å². The van der Waals surface area contributed by atoms with Gasteiger partial charge in [-0.05, 0) is 55.7 Å². The predicted molar refractivity (Wildman–Crippen MR) is 97.6 cm³/mol. The molecule has 1 aliphatic heterocycles. The molecule has 0 bridgehead atoms. The first-order valence-corrected chi connectivity index (χ1v) is 8.47. The highest BCUT2D eigenvalue weighted by molar-refractivity contribution is 5.54. The van der Waals surface area contributed by atoms with Gasteiger partial charge in [0.2, 0.25) is 5.75 Å². The zero-order chi connectivity index (χ0) is 18.0. The molecule has 2 unspecified atom stereocenters. The van der Waals surface area contributed by atoms with E-state index in [0.717, 1.165) is 12.0 Å². The lowest BCUT2D eigenvalue weighted by Gasteiger charge is -2.27. The molecular weight excluding hydrogens is 316 g/mol. The molecule has 1 fully saturated rings. The number of ether oxygens (including phenoxy) is 3. The van der Waals surface area contributed by atoms with Crippen LogP contribution >= 0.6 is 0 Å². The van der Waals surface area contributed by atoms with E-state index in [2.05, 4.69) is 36.3 Å². The minimum Gasteiger partial charge on any atom is -0.493 e. The van der Waals surface area contributed by atoms with E-state index >= 15 is 0 Å². The lowest BCUT2D eigenvalue weighted by atomic mass is 9.83. The van der Waals surface area contributed by atoms with E-state index in [1.807, 2.05) is 24.5 Å². The third-order valence-corrected chi connectivity index (χ3v) is 5.09. The van der Waals surface area contributed by atoms with Crippen LogP contribution < -0.4 is 19.5 Å². The van der Waals surface area contributed by atoms with Gasteiger partial charge in [-0.1, -0.05) is 0 Å². The topological polar surface area (TPSA) is 52.6 Å². The first-order chi connectivity index (χ1) is 12.0. The number of hydrogen-bond donors (Lipinski definition) is 1. The SMILES string of the molecule is COc1cc(C2CC(c3ccncc3)C(C)(C)N2)cc(OC)c1OC. The number of aromatic nitrogens is 1. The Hall–Kier alpha value is -2.27. The molecule has 2 atom stereocenters. The van der Waals surface area contributed by atoms with Crippen LogP contribution in [0.2, 0.25) is 0 Å². The molecule has 1 saturated heterocycles. The molecule has 0 radical (unpaired) electrons. The summed E-state index contributed by atoms with van der Waals surface area (Å²) in [6.07, 6.45) is 4.71. The summed E-state index contributed by atoms with van der Waals surface area (Å²) in [5.41, 5.74) is 2.42. The maximum absolute atomic E-state index is 5.50. The highest BCUT2D eigenvalue weighted by Crippen LogP contribution is 2.47. The van der Waals surface area contributed by atoms with Crippen LogP contribution in [0.25, 0.3) is 0 Å². The van der Waals surface area contributed by atoms with Crippen molar-refractivity contribution in [3.63, 3.8) is 0 Å². The van der Waals surface area contributed by atoms with E-state index in [1.165, 1.54) is 5.56 Å². The van der Waals surface area contributed by atoms with Crippen LogP contribution in [0, 0.1) is 0 Å². The third kappa shape index (κ3) is 3.29. The van der Waals surface area contributed by atoms with E-state index in [4.69, 9.17) is 14.2 Å². The van der Waals surface area contributed by atoms with Crippen molar-refractivity contribution in [1.82, 2.24) is 10.3 Å². The van der Waals surface area contributed by atoms with Gasteiger partial charge in [-0.15, -0.1) is 0 Å². The molecule has 1 aromatic heterocycles. The normalized spacial score (nSPS) is 21.8. The van der Waals surface area contributed by atoms with Gasteiger partial charge in [0.25, 0.3) is 0 Å². The van der Waals surface area contributed by atoms with Gasteiger partial charge in [0, 0.05) is 29.9 Å². The summed E-state index contributed by atoms with van der Waals surface area (Å²) < 4.78 is 16.4. The van der Waals surface area contributed by atoms with Crippen molar-refractivity contribution in [2.45, 2.75) is 37.8 Å². The van der Waals surface area contributed by atoms with Gasteiger partial charge in [-0.25, -0.2) is 0 Å². The molecule has 0 saturated carbocycles. The van der Waals surface area contributed by atoms with Crippen molar-refractivity contribution in [3.05, 3.63) is 47.8 Å². The minimum atomic E-state index is -0.0214. The minimum absolute atomic E-state index is 0.0214. The van der Waals surface area contributed by atoms with Crippen LogP contribution in [0.5, 0.6) is 17.2 Å². The summed E-state index contributed by atoms with van der Waals surface area (Å²) >= 11 is 0. The van der Waals surface area contributed by atoms with Crippen molar-refractivity contribution in [2.24, 2.45) is 0 Å². The van der Waals surface area contributed by atoms with Crippen molar-refractivity contribution >= 4 is 0 Å². The van der Waals surface area contributed by atoms with E-state index in [1.54, 1.807) is 21.3 Å². The molecule has 3 rings (SSSR count). The Labute approximate surface area is 149 Å². The number of pyridine rings is 1. The molecule has 0 amide bonds. The number of hydrogen-bond acceptors (Lipinski definition) is 5. The van der Waals surface area contributed by atoms with Gasteiger partial charge in [0.15, 0.2) is 11.5 Å². The summed E-state index contributed by atoms with van der Waals surface area (Å²) in [7, 11) is 4.91. The lowest BCUT2D eigenvalue weighted by molar-refractivity contribution is 0.323. The van der Waals surface area contributed by atoms with Gasteiger partial charge in [-0.3, -0.25) is 4.98 Å². The number of rotatable bonds is 5. The average molecular weight is 342 g/mol. The molecule has 0 spiro atoms. The molecular formula is C20H26N2O3. The Morgan fingerprint density at radius 1 is 0.960 bits per heavy atom. The van der Waals surface area contributed by atoms with Crippen molar-refractivity contribution in [1.29, 1.82) is 0 Å². The fourth-order valence-electron chi connectivity index (χ4n) is 3.81. The fourth-order valence-corrected chi connectivity index (χ4v) is 3.81. The zero-order valence-electron chi connectivity index (χ0n) is 15.5. The van der Waals surface area contributed by atoms with Crippen molar-refractivity contribution in [3.8, 4) is 17.2 Å². The van der Waals surface area contributed by atoms with Gasteiger partial charge in [0.1, 0.15) is 0 Å². The number of nitrogens with zero attached hydrogens (tertiary/aromatic N) is 1. The Bertz CT molecular complexity index is 706. The second-order valence-electron chi connectivity index (χ2n) is 6.95. The summed E-state index contributed by atoms with van der Waals surface area (Å²) in [6, 6.07) is 8.48. The molecule has 2 heterocycles. The van der Waals surface area contributed by atoms with Gasteiger partial charge < -0.3 is 19.5 Å². The van der Waals surface area contributed by atoms with Crippen molar-refractivity contribution < 1.29 is 14.2 Å². The third-order valence-electron chi connectivity index (χ3n) is 5.09. The summed E-state index contributed by atoms with van der Waals surface area (Å²) in [5, 5.41) is 3.76.